The van der Waals surface area contributed by atoms with Crippen molar-refractivity contribution in [3.8, 4) is 11.1 Å². The number of hydrogen-bond donors (Lipinski definition) is 1. The number of anilines is 1. The predicted octanol–water partition coefficient (Wildman–Crippen LogP) is 3.45. The molecule has 1 fully saturated rings. The predicted molar refractivity (Wildman–Crippen MR) is 113 cm³/mol. The number of aromatic nitrogens is 3. The van der Waals surface area contributed by atoms with E-state index in [-0.39, 0.29) is 11.7 Å². The van der Waals surface area contributed by atoms with E-state index in [0.717, 1.165) is 48.6 Å². The Balaban J connectivity index is 1.23. The van der Waals surface area contributed by atoms with Gasteiger partial charge in [0.1, 0.15) is 11.5 Å². The van der Waals surface area contributed by atoms with Crippen molar-refractivity contribution >= 4 is 11.7 Å². The largest absolute Gasteiger partial charge is 0.357 e. The summed E-state index contributed by atoms with van der Waals surface area (Å²) in [7, 11) is 0. The molecule has 0 saturated carbocycles. The molecular formula is C23H24FN5O. The van der Waals surface area contributed by atoms with Crippen molar-refractivity contribution in [3.05, 3.63) is 65.4 Å². The number of carbonyl (C=O) groups is 1. The lowest BCUT2D eigenvalue weighted by Crippen LogP contribution is -2.49. The highest BCUT2D eigenvalue weighted by molar-refractivity contribution is 5.94. The van der Waals surface area contributed by atoms with E-state index in [0.29, 0.717) is 18.8 Å². The van der Waals surface area contributed by atoms with E-state index >= 15 is 0 Å². The molecule has 0 spiro atoms. The lowest BCUT2D eigenvalue weighted by Gasteiger charge is -2.35. The van der Waals surface area contributed by atoms with Crippen LogP contribution in [0.5, 0.6) is 0 Å². The van der Waals surface area contributed by atoms with Gasteiger partial charge < -0.3 is 14.8 Å². The van der Waals surface area contributed by atoms with Crippen LogP contribution in [-0.4, -0.2) is 52.2 Å². The number of rotatable bonds is 3. The smallest absolute Gasteiger partial charge is 0.270 e. The Morgan fingerprint density at radius 2 is 1.70 bits per heavy atom. The van der Waals surface area contributed by atoms with Gasteiger partial charge in [0.05, 0.1) is 5.69 Å². The third-order valence-electron chi connectivity index (χ3n) is 6.04. The second-order valence-electron chi connectivity index (χ2n) is 7.97. The molecule has 2 aliphatic rings. The number of H-pyrrole nitrogens is 1. The quantitative estimate of drug-likeness (QED) is 0.725. The molecule has 5 rings (SSSR count). The average Bonchev–Trinajstić information content (AvgIpc) is 3.29. The number of fused-ring (bicyclic) bond motifs is 1. The minimum Gasteiger partial charge on any atom is -0.357 e. The Morgan fingerprint density at radius 1 is 0.933 bits per heavy atom. The van der Waals surface area contributed by atoms with Crippen LogP contribution in [0.25, 0.3) is 11.1 Å². The fraction of sp³-hybridized carbons (Fsp3) is 0.348. The summed E-state index contributed by atoms with van der Waals surface area (Å²) in [6.45, 7) is 2.76. The summed E-state index contributed by atoms with van der Waals surface area (Å²) in [4.78, 5) is 20.1. The van der Waals surface area contributed by atoms with Crippen LogP contribution in [0.15, 0.2) is 42.6 Å². The van der Waals surface area contributed by atoms with Crippen molar-refractivity contribution < 1.29 is 9.18 Å². The zero-order chi connectivity index (χ0) is 20.5. The minimum absolute atomic E-state index is 0.0143. The number of nitrogens with zero attached hydrogens (tertiary/aromatic N) is 4. The Hall–Kier alpha value is -3.22. The van der Waals surface area contributed by atoms with Crippen LogP contribution in [0.2, 0.25) is 0 Å². The van der Waals surface area contributed by atoms with Crippen LogP contribution < -0.4 is 4.90 Å². The van der Waals surface area contributed by atoms with Crippen molar-refractivity contribution in [1.82, 2.24) is 20.1 Å². The maximum atomic E-state index is 13.1. The number of hydrogen-bond acceptors (Lipinski definition) is 4. The van der Waals surface area contributed by atoms with E-state index in [1.807, 2.05) is 11.0 Å². The van der Waals surface area contributed by atoms with Crippen LogP contribution in [0.4, 0.5) is 10.2 Å². The number of aromatic amines is 1. The van der Waals surface area contributed by atoms with E-state index in [1.165, 1.54) is 30.5 Å². The van der Waals surface area contributed by atoms with Crippen LogP contribution in [0.1, 0.15) is 34.6 Å². The molecule has 1 aliphatic carbocycles. The van der Waals surface area contributed by atoms with Gasteiger partial charge in [-0.3, -0.25) is 4.79 Å². The summed E-state index contributed by atoms with van der Waals surface area (Å²) >= 11 is 0. The molecule has 1 aliphatic heterocycles. The third kappa shape index (κ3) is 3.67. The van der Waals surface area contributed by atoms with Gasteiger partial charge in [-0.2, -0.15) is 5.10 Å². The summed E-state index contributed by atoms with van der Waals surface area (Å²) < 4.78 is 13.1. The molecule has 0 radical (unpaired) electrons. The first-order valence-electron chi connectivity index (χ1n) is 10.5. The fourth-order valence-electron chi connectivity index (χ4n) is 4.27. The number of benzene rings is 1. The minimum atomic E-state index is -0.271. The molecule has 0 unspecified atom stereocenters. The highest BCUT2D eigenvalue weighted by Crippen LogP contribution is 2.24. The molecule has 154 valence electrons. The van der Waals surface area contributed by atoms with Crippen molar-refractivity contribution in [1.29, 1.82) is 0 Å². The maximum absolute atomic E-state index is 13.1. The number of aryl methyl sites for hydroxylation is 2. The van der Waals surface area contributed by atoms with Crippen molar-refractivity contribution in [2.24, 2.45) is 0 Å². The zero-order valence-electron chi connectivity index (χ0n) is 16.8. The molecule has 1 saturated heterocycles. The molecule has 7 heteroatoms. The monoisotopic (exact) mass is 405 g/mol. The van der Waals surface area contributed by atoms with Gasteiger partial charge in [0.25, 0.3) is 5.91 Å². The normalized spacial score (nSPS) is 16.4. The van der Waals surface area contributed by atoms with Gasteiger partial charge >= 0.3 is 0 Å². The summed E-state index contributed by atoms with van der Waals surface area (Å²) in [5, 5.41) is 8.86. The van der Waals surface area contributed by atoms with Gasteiger partial charge in [-0.05, 0) is 66.6 Å². The average molecular weight is 405 g/mol. The van der Waals surface area contributed by atoms with Gasteiger partial charge in [0.2, 0.25) is 0 Å². The third-order valence-corrected chi connectivity index (χ3v) is 6.04. The van der Waals surface area contributed by atoms with E-state index in [2.05, 4.69) is 26.1 Å². The Labute approximate surface area is 174 Å². The number of amides is 1. The Kier molecular flexibility index (Phi) is 4.94. The molecule has 3 heterocycles. The van der Waals surface area contributed by atoms with Crippen molar-refractivity contribution in [2.75, 3.05) is 31.1 Å². The molecule has 3 aromatic rings. The van der Waals surface area contributed by atoms with Gasteiger partial charge in [0, 0.05) is 32.4 Å². The second-order valence-corrected chi connectivity index (χ2v) is 7.97. The Bertz CT molecular complexity index is 1050. The van der Waals surface area contributed by atoms with E-state index in [4.69, 9.17) is 0 Å². The fourth-order valence-corrected chi connectivity index (χ4v) is 4.27. The molecule has 0 atom stereocenters. The van der Waals surface area contributed by atoms with Gasteiger partial charge in [-0.1, -0.05) is 12.1 Å². The molecule has 0 bridgehead atoms. The molecule has 1 amide bonds. The summed E-state index contributed by atoms with van der Waals surface area (Å²) in [5.74, 6) is 0.632. The first-order valence-corrected chi connectivity index (χ1v) is 10.5. The zero-order valence-corrected chi connectivity index (χ0v) is 16.8. The SMILES string of the molecule is O=C(c1cc(-c2ccc(F)cc2)c[nH]1)N1CCN(c2cc3c(nn2)CCCC3)CC1. The molecule has 2 aromatic heterocycles. The van der Waals surface area contributed by atoms with E-state index in [9.17, 15) is 9.18 Å². The van der Waals surface area contributed by atoms with E-state index < -0.39 is 0 Å². The summed E-state index contributed by atoms with van der Waals surface area (Å²) in [5.41, 5.74) is 4.77. The molecular weight excluding hydrogens is 381 g/mol. The second kappa shape index (κ2) is 7.89. The van der Waals surface area contributed by atoms with Gasteiger partial charge in [0.15, 0.2) is 5.82 Å². The van der Waals surface area contributed by atoms with Crippen LogP contribution in [-0.2, 0) is 12.8 Å². The topological polar surface area (TPSA) is 65.1 Å². The first-order chi connectivity index (χ1) is 14.7. The molecule has 1 aromatic carbocycles. The highest BCUT2D eigenvalue weighted by atomic mass is 19.1. The number of piperazine rings is 1. The summed E-state index contributed by atoms with van der Waals surface area (Å²) in [6, 6.07) is 10.3. The number of carbonyl (C=O) groups excluding carboxylic acids is 1. The van der Waals surface area contributed by atoms with Gasteiger partial charge in [-0.15, -0.1) is 5.10 Å². The first kappa shape index (κ1) is 18.8. The molecule has 6 nitrogen and oxygen atoms in total. The van der Waals surface area contributed by atoms with Crippen molar-refractivity contribution in [2.45, 2.75) is 25.7 Å². The van der Waals surface area contributed by atoms with Crippen molar-refractivity contribution in [3.63, 3.8) is 0 Å². The number of nitrogens with one attached hydrogen (secondary N) is 1. The summed E-state index contributed by atoms with van der Waals surface area (Å²) in [6.07, 6.45) is 6.32. The van der Waals surface area contributed by atoms with E-state index in [1.54, 1.807) is 18.3 Å². The molecule has 30 heavy (non-hydrogen) atoms. The number of halogens is 1. The molecule has 1 N–H and O–H groups in total. The lowest BCUT2D eigenvalue weighted by atomic mass is 9.97. The van der Waals surface area contributed by atoms with Crippen LogP contribution in [0, 0.1) is 5.82 Å². The van der Waals surface area contributed by atoms with Crippen LogP contribution >= 0.6 is 0 Å². The van der Waals surface area contributed by atoms with Gasteiger partial charge in [-0.25, -0.2) is 4.39 Å². The highest BCUT2D eigenvalue weighted by Gasteiger charge is 2.25. The van der Waals surface area contributed by atoms with Crippen LogP contribution in [0.3, 0.4) is 0 Å². The maximum Gasteiger partial charge on any atom is 0.270 e. The lowest BCUT2D eigenvalue weighted by molar-refractivity contribution is 0.0741. The Morgan fingerprint density at radius 3 is 2.50 bits per heavy atom. The standard InChI is InChI=1S/C23H24FN5O/c24-19-7-5-16(6-8-19)18-13-21(25-15-18)23(30)29-11-9-28(10-12-29)22-14-17-3-1-2-4-20(17)26-27-22/h5-8,13-15,25H,1-4,9-12H2.